The quantitative estimate of drug-likeness (QED) is 0.384. The number of halogens is 2. The van der Waals surface area contributed by atoms with E-state index in [0.717, 1.165) is 16.7 Å². The minimum Gasteiger partial charge on any atom is -0.289 e. The molecule has 0 atom stereocenters. The van der Waals surface area contributed by atoms with Crippen LogP contribution < -0.4 is 0 Å². The molecule has 0 unspecified atom stereocenters. The van der Waals surface area contributed by atoms with Gasteiger partial charge in [-0.15, -0.1) is 0 Å². The standard InChI is InChI=1S/C21H14Cl2O/c22-18-11-12-19(20(23)14-18)21(24)13-8-15-6-9-17(10-7-15)16-4-2-1-3-5-16/h1-14H. The van der Waals surface area contributed by atoms with E-state index in [1.165, 1.54) is 6.08 Å². The molecule has 3 aromatic rings. The summed E-state index contributed by atoms with van der Waals surface area (Å²) in [5, 5.41) is 0.869. The Kier molecular flexibility index (Phi) is 5.14. The van der Waals surface area contributed by atoms with Gasteiger partial charge in [-0.25, -0.2) is 0 Å². The van der Waals surface area contributed by atoms with Gasteiger partial charge in [0.15, 0.2) is 5.78 Å². The first-order valence-electron chi connectivity index (χ1n) is 7.46. The van der Waals surface area contributed by atoms with Gasteiger partial charge in [-0.3, -0.25) is 4.79 Å². The fourth-order valence-corrected chi connectivity index (χ4v) is 2.87. The molecule has 3 aromatic carbocycles. The maximum absolute atomic E-state index is 12.2. The highest BCUT2D eigenvalue weighted by molar-refractivity contribution is 6.37. The predicted octanol–water partition coefficient (Wildman–Crippen LogP) is 6.56. The van der Waals surface area contributed by atoms with Crippen molar-refractivity contribution in [2.75, 3.05) is 0 Å². The summed E-state index contributed by atoms with van der Waals surface area (Å²) in [6.07, 6.45) is 3.30. The minimum atomic E-state index is -0.149. The van der Waals surface area contributed by atoms with Crippen LogP contribution in [0, 0.1) is 0 Å². The van der Waals surface area contributed by atoms with E-state index < -0.39 is 0 Å². The summed E-state index contributed by atoms with van der Waals surface area (Å²) in [5.41, 5.74) is 3.70. The molecule has 0 bridgehead atoms. The van der Waals surface area contributed by atoms with Crippen molar-refractivity contribution in [2.24, 2.45) is 0 Å². The lowest BCUT2D eigenvalue weighted by atomic mass is 10.0. The molecule has 0 aliphatic carbocycles. The number of hydrogen-bond donors (Lipinski definition) is 0. The Morgan fingerprint density at radius 2 is 1.46 bits per heavy atom. The van der Waals surface area contributed by atoms with E-state index in [0.29, 0.717) is 15.6 Å². The molecule has 3 rings (SSSR count). The lowest BCUT2D eigenvalue weighted by molar-refractivity contribution is 0.104. The van der Waals surface area contributed by atoms with Crippen molar-refractivity contribution in [2.45, 2.75) is 0 Å². The smallest absolute Gasteiger partial charge is 0.187 e. The van der Waals surface area contributed by atoms with Crippen LogP contribution in [-0.4, -0.2) is 5.78 Å². The highest BCUT2D eigenvalue weighted by atomic mass is 35.5. The van der Waals surface area contributed by atoms with Crippen LogP contribution in [0.5, 0.6) is 0 Å². The molecule has 118 valence electrons. The Morgan fingerprint density at radius 3 is 2.12 bits per heavy atom. The molecule has 3 heteroatoms. The van der Waals surface area contributed by atoms with Crippen LogP contribution in [0.4, 0.5) is 0 Å². The molecule has 0 saturated heterocycles. The Labute approximate surface area is 151 Å². The molecule has 0 aliphatic rings. The van der Waals surface area contributed by atoms with Gasteiger partial charge in [0.1, 0.15) is 0 Å². The second kappa shape index (κ2) is 7.48. The highest BCUT2D eigenvalue weighted by Crippen LogP contribution is 2.22. The first-order chi connectivity index (χ1) is 11.6. The van der Waals surface area contributed by atoms with Crippen molar-refractivity contribution in [3.63, 3.8) is 0 Å². The van der Waals surface area contributed by atoms with Gasteiger partial charge in [0, 0.05) is 10.6 Å². The molecule has 0 fully saturated rings. The monoisotopic (exact) mass is 352 g/mol. The molecule has 0 aliphatic heterocycles. The van der Waals surface area contributed by atoms with Crippen molar-refractivity contribution in [1.29, 1.82) is 0 Å². The first-order valence-corrected chi connectivity index (χ1v) is 8.22. The molecule has 1 nitrogen and oxygen atoms in total. The van der Waals surface area contributed by atoms with Gasteiger partial charge >= 0.3 is 0 Å². The van der Waals surface area contributed by atoms with Gasteiger partial charge in [0.05, 0.1) is 5.02 Å². The maximum atomic E-state index is 12.2. The lowest BCUT2D eigenvalue weighted by Gasteiger charge is -2.02. The van der Waals surface area contributed by atoms with E-state index in [1.54, 1.807) is 24.3 Å². The normalized spacial score (nSPS) is 10.9. The molecular formula is C21H14Cl2O. The number of ketones is 1. The molecule has 0 amide bonds. The van der Waals surface area contributed by atoms with Crippen LogP contribution in [0.1, 0.15) is 15.9 Å². The Bertz CT molecular complexity index is 881. The van der Waals surface area contributed by atoms with Crippen molar-refractivity contribution in [3.05, 3.63) is 100 Å². The van der Waals surface area contributed by atoms with Gasteiger partial charge in [-0.1, -0.05) is 83.9 Å². The third-order valence-electron chi connectivity index (χ3n) is 3.64. The molecule has 0 N–H and O–H groups in total. The van der Waals surface area contributed by atoms with E-state index >= 15 is 0 Å². The van der Waals surface area contributed by atoms with Gasteiger partial charge in [-0.05, 0) is 41.0 Å². The number of benzene rings is 3. The number of rotatable bonds is 4. The zero-order chi connectivity index (χ0) is 16.9. The number of carbonyl (C=O) groups is 1. The van der Waals surface area contributed by atoms with Crippen molar-refractivity contribution < 1.29 is 4.79 Å². The number of allylic oxidation sites excluding steroid dienone is 1. The van der Waals surface area contributed by atoms with Crippen LogP contribution in [0.15, 0.2) is 78.9 Å². The largest absolute Gasteiger partial charge is 0.289 e. The summed E-state index contributed by atoms with van der Waals surface area (Å²) < 4.78 is 0. The second-order valence-corrected chi connectivity index (χ2v) is 6.15. The molecular weight excluding hydrogens is 339 g/mol. The third-order valence-corrected chi connectivity index (χ3v) is 4.19. The first kappa shape index (κ1) is 16.5. The summed E-state index contributed by atoms with van der Waals surface area (Å²) in [6.45, 7) is 0. The Morgan fingerprint density at radius 1 is 0.792 bits per heavy atom. The van der Waals surface area contributed by atoms with E-state index in [2.05, 4.69) is 12.1 Å². The van der Waals surface area contributed by atoms with E-state index in [-0.39, 0.29) is 5.78 Å². The van der Waals surface area contributed by atoms with Crippen LogP contribution >= 0.6 is 23.2 Å². The van der Waals surface area contributed by atoms with Crippen molar-refractivity contribution >= 4 is 35.1 Å². The molecule has 24 heavy (non-hydrogen) atoms. The SMILES string of the molecule is O=C(C=Cc1ccc(-c2ccccc2)cc1)c1ccc(Cl)cc1Cl. The molecule has 0 radical (unpaired) electrons. The lowest BCUT2D eigenvalue weighted by Crippen LogP contribution is -1.95. The van der Waals surface area contributed by atoms with Gasteiger partial charge in [0.2, 0.25) is 0 Å². The van der Waals surface area contributed by atoms with Crippen molar-refractivity contribution in [1.82, 2.24) is 0 Å². The second-order valence-electron chi connectivity index (χ2n) is 5.31. The van der Waals surface area contributed by atoms with Gasteiger partial charge < -0.3 is 0 Å². The number of hydrogen-bond acceptors (Lipinski definition) is 1. The fraction of sp³-hybridized carbons (Fsp3) is 0. The zero-order valence-electron chi connectivity index (χ0n) is 12.7. The minimum absolute atomic E-state index is 0.149. The van der Waals surface area contributed by atoms with Crippen molar-refractivity contribution in [3.8, 4) is 11.1 Å². The molecule has 0 heterocycles. The summed E-state index contributed by atoms with van der Waals surface area (Å²) in [4.78, 5) is 12.2. The zero-order valence-corrected chi connectivity index (χ0v) is 14.3. The topological polar surface area (TPSA) is 17.1 Å². The van der Waals surface area contributed by atoms with E-state index in [4.69, 9.17) is 23.2 Å². The number of carbonyl (C=O) groups excluding carboxylic acids is 1. The fourth-order valence-electron chi connectivity index (χ4n) is 2.37. The maximum Gasteiger partial charge on any atom is 0.187 e. The van der Waals surface area contributed by atoms with E-state index in [9.17, 15) is 4.79 Å². The van der Waals surface area contributed by atoms with Crippen LogP contribution in [0.2, 0.25) is 10.0 Å². The highest BCUT2D eigenvalue weighted by Gasteiger charge is 2.07. The Hall–Kier alpha value is -2.35. The molecule has 0 spiro atoms. The van der Waals surface area contributed by atoms with Crippen LogP contribution in [-0.2, 0) is 0 Å². The summed E-state index contributed by atoms with van der Waals surface area (Å²) in [5.74, 6) is -0.149. The summed E-state index contributed by atoms with van der Waals surface area (Å²) in [6, 6.07) is 23.0. The van der Waals surface area contributed by atoms with Gasteiger partial charge in [0.25, 0.3) is 0 Å². The van der Waals surface area contributed by atoms with E-state index in [1.807, 2.05) is 42.5 Å². The summed E-state index contributed by atoms with van der Waals surface area (Å²) in [7, 11) is 0. The molecule has 0 saturated carbocycles. The third kappa shape index (κ3) is 3.94. The average molecular weight is 353 g/mol. The van der Waals surface area contributed by atoms with Crippen LogP contribution in [0.3, 0.4) is 0 Å². The average Bonchev–Trinajstić information content (AvgIpc) is 2.61. The van der Waals surface area contributed by atoms with Gasteiger partial charge in [-0.2, -0.15) is 0 Å². The predicted molar refractivity (Wildman–Crippen MR) is 102 cm³/mol. The van der Waals surface area contributed by atoms with Crippen LogP contribution in [0.25, 0.3) is 17.2 Å². The summed E-state index contributed by atoms with van der Waals surface area (Å²) >= 11 is 11.9. The Balaban J connectivity index is 1.76. The molecule has 0 aromatic heterocycles.